The molecule has 0 atom stereocenters. The maximum atomic E-state index is 14.9. The fourth-order valence-electron chi connectivity index (χ4n) is 4.93. The number of benzene rings is 1. The zero-order valence-corrected chi connectivity index (χ0v) is 23.6. The van der Waals surface area contributed by atoms with Crippen LogP contribution in [0, 0.1) is 5.82 Å². The molecule has 0 spiro atoms. The number of hydrazine groups is 1. The summed E-state index contributed by atoms with van der Waals surface area (Å²) in [5, 5.41) is 5.93. The van der Waals surface area contributed by atoms with Crippen LogP contribution in [0.1, 0.15) is 10.4 Å². The quantitative estimate of drug-likeness (QED) is 0.0975. The number of hydrogen-bond acceptors (Lipinski definition) is 9. The lowest BCUT2D eigenvalue weighted by Crippen LogP contribution is -2.50. The van der Waals surface area contributed by atoms with E-state index in [-0.39, 0.29) is 22.3 Å². The van der Waals surface area contributed by atoms with Crippen molar-refractivity contribution in [1.29, 1.82) is 0 Å². The van der Waals surface area contributed by atoms with Crippen LogP contribution in [-0.2, 0) is 11.3 Å². The van der Waals surface area contributed by atoms with E-state index in [2.05, 4.69) is 31.5 Å². The van der Waals surface area contributed by atoms with E-state index in [4.69, 9.17) is 10.9 Å². The number of nitrogens with one attached hydrogen (secondary N) is 1. The Kier molecular flexibility index (Phi) is 8.41. The first-order valence-electron chi connectivity index (χ1n) is 13.5. The molecule has 12 nitrogen and oxygen atoms in total. The second-order valence-electron chi connectivity index (χ2n) is 10.2. The number of halogens is 1. The van der Waals surface area contributed by atoms with Gasteiger partial charge in [0.1, 0.15) is 5.69 Å². The number of nitrogens with zero attached hydrogens (tertiary/aromatic N) is 8. The van der Waals surface area contributed by atoms with Crippen molar-refractivity contribution in [3.8, 4) is 11.3 Å². The third-order valence-corrected chi connectivity index (χ3v) is 7.13. The maximum Gasteiger partial charge on any atom is 0.295 e. The van der Waals surface area contributed by atoms with Crippen molar-refractivity contribution in [3.63, 3.8) is 0 Å². The maximum absolute atomic E-state index is 14.9. The summed E-state index contributed by atoms with van der Waals surface area (Å²) in [6.45, 7) is 6.61. The van der Waals surface area contributed by atoms with Crippen molar-refractivity contribution in [3.05, 3.63) is 72.7 Å². The van der Waals surface area contributed by atoms with Gasteiger partial charge < -0.3 is 19.7 Å². The van der Waals surface area contributed by atoms with Crippen LogP contribution in [0.15, 0.2) is 66.3 Å². The first-order valence-corrected chi connectivity index (χ1v) is 13.5. The number of hydrogen-bond donors (Lipinski definition) is 2. The lowest BCUT2D eigenvalue weighted by Gasteiger charge is -2.35. The third-order valence-electron chi connectivity index (χ3n) is 7.13. The number of pyridine rings is 1. The van der Waals surface area contributed by atoms with Gasteiger partial charge in [0.15, 0.2) is 11.6 Å². The van der Waals surface area contributed by atoms with Crippen LogP contribution < -0.4 is 15.8 Å². The highest BCUT2D eigenvalue weighted by atomic mass is 19.1. The summed E-state index contributed by atoms with van der Waals surface area (Å²) in [6, 6.07) is 9.98. The SMILES string of the molecule is C=N/C=C\N(N)c1ncc(F)c2c(C(=O)C(=O)N3CCN(c4cn(CCN(C)C)nc4-c4ccccc4)CC3)c[nH]c12. The number of amides is 1. The highest BCUT2D eigenvalue weighted by Gasteiger charge is 2.31. The van der Waals surface area contributed by atoms with Gasteiger partial charge in [-0.25, -0.2) is 15.2 Å². The van der Waals surface area contributed by atoms with Gasteiger partial charge in [-0.2, -0.15) is 5.10 Å². The van der Waals surface area contributed by atoms with E-state index in [0.29, 0.717) is 26.2 Å². The second kappa shape index (κ2) is 12.3. The standard InChI is InChI=1S/C29H33FN10O2/c1-32-9-10-40(31)28-26-24(22(30)18-34-28)21(17-33-26)27(41)29(42)38-14-12-37(13-15-38)23-19-39(16-11-36(2)3)35-25(23)20-7-5-4-6-8-20/h4-10,17-19,33H,1,11-16,31H2,2-3H3/b10-9-. The van der Waals surface area contributed by atoms with Crippen molar-refractivity contribution in [1.82, 2.24) is 29.5 Å². The number of rotatable bonds is 10. The van der Waals surface area contributed by atoms with Crippen LogP contribution in [0.3, 0.4) is 0 Å². The van der Waals surface area contributed by atoms with E-state index in [0.717, 1.165) is 41.2 Å². The van der Waals surface area contributed by atoms with Crippen molar-refractivity contribution in [2.75, 3.05) is 56.7 Å². The molecule has 1 fully saturated rings. The van der Waals surface area contributed by atoms with Crippen LogP contribution in [-0.4, -0.2) is 94.8 Å². The Bertz CT molecular complexity index is 1620. The number of aliphatic imine (C=N–C) groups is 1. The lowest BCUT2D eigenvalue weighted by atomic mass is 10.1. The van der Waals surface area contributed by atoms with Crippen LogP contribution >= 0.6 is 0 Å². The van der Waals surface area contributed by atoms with Gasteiger partial charge in [-0.05, 0) is 20.8 Å². The molecule has 5 rings (SSSR count). The van der Waals surface area contributed by atoms with Gasteiger partial charge in [-0.1, -0.05) is 30.3 Å². The molecule has 3 aromatic heterocycles. The molecule has 218 valence electrons. The molecule has 0 bridgehead atoms. The van der Waals surface area contributed by atoms with E-state index in [1.807, 2.05) is 55.3 Å². The molecule has 0 aliphatic carbocycles. The molecule has 4 heterocycles. The van der Waals surface area contributed by atoms with Crippen LogP contribution in [0.5, 0.6) is 0 Å². The smallest absolute Gasteiger partial charge is 0.295 e. The number of aromatic nitrogens is 4. The van der Waals surface area contributed by atoms with E-state index in [1.54, 1.807) is 0 Å². The van der Waals surface area contributed by atoms with E-state index in [1.165, 1.54) is 23.5 Å². The molecule has 0 unspecified atom stereocenters. The number of likely N-dealkylation sites (N-methyl/N-ethyl adjacent to an activating group) is 1. The van der Waals surface area contributed by atoms with Gasteiger partial charge in [0.05, 0.1) is 34.9 Å². The number of piperazine rings is 1. The minimum Gasteiger partial charge on any atom is -0.365 e. The average Bonchev–Trinajstić information content (AvgIpc) is 3.65. The summed E-state index contributed by atoms with van der Waals surface area (Å²) >= 11 is 0. The monoisotopic (exact) mass is 572 g/mol. The molecular weight excluding hydrogens is 539 g/mol. The fourth-order valence-corrected chi connectivity index (χ4v) is 4.93. The molecule has 1 aromatic carbocycles. The number of ketones is 1. The molecule has 1 aliphatic rings. The highest BCUT2D eigenvalue weighted by molar-refractivity contribution is 6.45. The molecule has 3 N–H and O–H groups in total. The Hall–Kier alpha value is -4.88. The van der Waals surface area contributed by atoms with Gasteiger partial charge in [-0.15, -0.1) is 0 Å². The van der Waals surface area contributed by atoms with Crippen molar-refractivity contribution in [2.24, 2.45) is 10.8 Å². The summed E-state index contributed by atoms with van der Waals surface area (Å²) in [5.74, 6) is 3.90. The molecule has 1 amide bonds. The fraction of sp³-hybridized carbons (Fsp3) is 0.276. The predicted octanol–water partition coefficient (Wildman–Crippen LogP) is 2.51. The number of anilines is 2. The summed E-state index contributed by atoms with van der Waals surface area (Å²) in [6.07, 6.45) is 7.04. The average molecular weight is 573 g/mol. The Morgan fingerprint density at radius 3 is 2.62 bits per heavy atom. The first-order chi connectivity index (χ1) is 20.3. The number of carbonyl (C=O) groups excluding carboxylic acids is 2. The molecule has 42 heavy (non-hydrogen) atoms. The van der Waals surface area contributed by atoms with Gasteiger partial charge in [0, 0.05) is 63.1 Å². The molecule has 0 radical (unpaired) electrons. The molecular formula is C29H33FN10O2. The summed E-state index contributed by atoms with van der Waals surface area (Å²) in [5.41, 5.74) is 2.96. The lowest BCUT2D eigenvalue weighted by molar-refractivity contribution is -0.126. The van der Waals surface area contributed by atoms with E-state index >= 15 is 0 Å². The zero-order chi connectivity index (χ0) is 29.8. The van der Waals surface area contributed by atoms with Crippen molar-refractivity contribution < 1.29 is 14.0 Å². The number of Topliss-reactive ketones (excluding diaryl/α,β-unsaturated/α-hetero) is 1. The zero-order valence-electron chi connectivity index (χ0n) is 23.6. The second-order valence-corrected chi connectivity index (χ2v) is 10.2. The first kappa shape index (κ1) is 28.6. The molecule has 13 heteroatoms. The topological polar surface area (TPSA) is 132 Å². The van der Waals surface area contributed by atoms with E-state index < -0.39 is 17.5 Å². The summed E-state index contributed by atoms with van der Waals surface area (Å²) in [4.78, 5) is 42.9. The minimum atomic E-state index is -0.806. The molecule has 0 saturated carbocycles. The third kappa shape index (κ3) is 5.78. The van der Waals surface area contributed by atoms with Gasteiger partial charge in [0.25, 0.3) is 11.7 Å². The Morgan fingerprint density at radius 1 is 1.19 bits per heavy atom. The van der Waals surface area contributed by atoms with Gasteiger partial charge in [0.2, 0.25) is 0 Å². The number of fused-ring (bicyclic) bond motifs is 1. The Morgan fingerprint density at radius 2 is 1.93 bits per heavy atom. The van der Waals surface area contributed by atoms with Crippen molar-refractivity contribution >= 4 is 40.8 Å². The van der Waals surface area contributed by atoms with Crippen LogP contribution in [0.2, 0.25) is 0 Å². The summed E-state index contributed by atoms with van der Waals surface area (Å²) < 4.78 is 16.8. The molecule has 4 aromatic rings. The Balaban J connectivity index is 1.33. The normalized spacial score (nSPS) is 13.8. The molecule has 1 aliphatic heterocycles. The van der Waals surface area contributed by atoms with E-state index in [9.17, 15) is 14.0 Å². The van der Waals surface area contributed by atoms with Crippen LogP contribution in [0.4, 0.5) is 15.9 Å². The number of nitrogens with two attached hydrogens (primary N) is 1. The highest BCUT2D eigenvalue weighted by Crippen LogP contribution is 2.31. The number of aromatic amines is 1. The number of H-pyrrole nitrogens is 1. The Labute approximate surface area is 242 Å². The number of carbonyl (C=O) groups is 2. The van der Waals surface area contributed by atoms with Crippen LogP contribution in [0.25, 0.3) is 22.2 Å². The minimum absolute atomic E-state index is 0.0509. The summed E-state index contributed by atoms with van der Waals surface area (Å²) in [7, 11) is 4.04. The largest absolute Gasteiger partial charge is 0.365 e. The van der Waals surface area contributed by atoms with Gasteiger partial charge >= 0.3 is 0 Å². The predicted molar refractivity (Wildman–Crippen MR) is 161 cm³/mol. The molecule has 1 saturated heterocycles. The van der Waals surface area contributed by atoms with Crippen molar-refractivity contribution in [2.45, 2.75) is 6.54 Å². The van der Waals surface area contributed by atoms with Gasteiger partial charge in [-0.3, -0.25) is 24.3 Å².